The van der Waals surface area contributed by atoms with Crippen LogP contribution < -0.4 is 10.6 Å². The van der Waals surface area contributed by atoms with Crippen molar-refractivity contribution in [2.45, 2.75) is 27.7 Å². The summed E-state index contributed by atoms with van der Waals surface area (Å²) in [6.45, 7) is 7.86. The summed E-state index contributed by atoms with van der Waals surface area (Å²) in [6, 6.07) is 15.4. The molecule has 0 fully saturated rings. The molecule has 0 aliphatic heterocycles. The summed E-state index contributed by atoms with van der Waals surface area (Å²) in [4.78, 5) is 21.4. The lowest BCUT2D eigenvalue weighted by molar-refractivity contribution is 0.102. The average molecular weight is 346 g/mol. The third-order valence-corrected chi connectivity index (χ3v) is 4.33. The number of hydrogen-bond acceptors (Lipinski definition) is 4. The van der Waals surface area contributed by atoms with Crippen LogP contribution in [0.15, 0.2) is 48.5 Å². The largest absolute Gasteiger partial charge is 0.324 e. The van der Waals surface area contributed by atoms with E-state index in [0.717, 1.165) is 33.8 Å². The number of benzene rings is 2. The van der Waals surface area contributed by atoms with Crippen LogP contribution in [0.3, 0.4) is 0 Å². The number of nitrogens with zero attached hydrogens (tertiary/aromatic N) is 2. The Hall–Kier alpha value is -3.21. The number of anilines is 3. The molecule has 3 rings (SSSR count). The van der Waals surface area contributed by atoms with Crippen LogP contribution in [0.5, 0.6) is 0 Å². The lowest BCUT2D eigenvalue weighted by Crippen LogP contribution is -2.16. The fourth-order valence-electron chi connectivity index (χ4n) is 2.65. The lowest BCUT2D eigenvalue weighted by Gasteiger charge is -2.12. The first-order valence-corrected chi connectivity index (χ1v) is 8.50. The number of carbonyl (C=O) groups is 1. The number of hydrogen-bond donors (Lipinski definition) is 2. The number of para-hydroxylation sites is 1. The van der Waals surface area contributed by atoms with Crippen LogP contribution in [-0.4, -0.2) is 15.9 Å². The van der Waals surface area contributed by atoms with E-state index in [-0.39, 0.29) is 5.91 Å². The van der Waals surface area contributed by atoms with Crippen molar-refractivity contribution in [2.75, 3.05) is 10.6 Å². The molecule has 5 nitrogen and oxygen atoms in total. The van der Waals surface area contributed by atoms with Crippen molar-refractivity contribution in [3.05, 3.63) is 76.6 Å². The van der Waals surface area contributed by atoms with Gasteiger partial charge < -0.3 is 10.6 Å². The lowest BCUT2D eigenvalue weighted by atomic mass is 10.1. The van der Waals surface area contributed by atoms with Gasteiger partial charge in [0.2, 0.25) is 5.95 Å². The number of carbonyl (C=O) groups excluding carboxylic acids is 1. The molecule has 5 heteroatoms. The fourth-order valence-corrected chi connectivity index (χ4v) is 2.65. The normalized spacial score (nSPS) is 10.5. The summed E-state index contributed by atoms with van der Waals surface area (Å²) in [5.41, 5.74) is 6.02. The molecule has 2 N–H and O–H groups in total. The second-order valence-electron chi connectivity index (χ2n) is 6.36. The SMILES string of the molecule is Cc1cc(C(=O)Nc2cccc(C)c2C)nc(Nc2ccccc2C)n1. The van der Waals surface area contributed by atoms with E-state index in [2.05, 4.69) is 20.6 Å². The van der Waals surface area contributed by atoms with Gasteiger partial charge in [-0.1, -0.05) is 30.3 Å². The summed E-state index contributed by atoms with van der Waals surface area (Å²) in [7, 11) is 0. The zero-order valence-electron chi connectivity index (χ0n) is 15.4. The van der Waals surface area contributed by atoms with Gasteiger partial charge in [-0.25, -0.2) is 9.97 Å². The molecule has 0 aliphatic rings. The van der Waals surface area contributed by atoms with Crippen molar-refractivity contribution in [2.24, 2.45) is 0 Å². The van der Waals surface area contributed by atoms with E-state index < -0.39 is 0 Å². The first kappa shape index (κ1) is 17.6. The predicted molar refractivity (Wildman–Crippen MR) is 105 cm³/mol. The van der Waals surface area contributed by atoms with Gasteiger partial charge in [0.1, 0.15) is 5.69 Å². The van der Waals surface area contributed by atoms with Gasteiger partial charge in [0, 0.05) is 17.1 Å². The van der Waals surface area contributed by atoms with Crippen molar-refractivity contribution in [1.82, 2.24) is 9.97 Å². The quantitative estimate of drug-likeness (QED) is 0.718. The second kappa shape index (κ2) is 7.35. The number of amides is 1. The van der Waals surface area contributed by atoms with E-state index in [9.17, 15) is 4.79 Å². The molecule has 1 amide bonds. The van der Waals surface area contributed by atoms with E-state index in [0.29, 0.717) is 11.6 Å². The van der Waals surface area contributed by atoms with E-state index in [4.69, 9.17) is 0 Å². The van der Waals surface area contributed by atoms with Crippen LogP contribution in [-0.2, 0) is 0 Å². The minimum Gasteiger partial charge on any atom is -0.324 e. The summed E-state index contributed by atoms with van der Waals surface area (Å²) in [6.07, 6.45) is 0. The molecule has 26 heavy (non-hydrogen) atoms. The number of aryl methyl sites for hydroxylation is 3. The van der Waals surface area contributed by atoms with Gasteiger partial charge >= 0.3 is 0 Å². The highest BCUT2D eigenvalue weighted by atomic mass is 16.1. The zero-order valence-corrected chi connectivity index (χ0v) is 15.4. The summed E-state index contributed by atoms with van der Waals surface area (Å²) in [5.74, 6) is 0.155. The van der Waals surface area contributed by atoms with E-state index in [1.54, 1.807) is 6.07 Å². The van der Waals surface area contributed by atoms with Crippen LogP contribution in [0, 0.1) is 27.7 Å². The Labute approximate surface area is 153 Å². The topological polar surface area (TPSA) is 66.9 Å². The van der Waals surface area contributed by atoms with Crippen LogP contribution in [0.25, 0.3) is 0 Å². The molecule has 0 spiro atoms. The Kier molecular flexibility index (Phi) is 4.98. The van der Waals surface area contributed by atoms with Gasteiger partial charge in [-0.15, -0.1) is 0 Å². The van der Waals surface area contributed by atoms with Gasteiger partial charge in [-0.3, -0.25) is 4.79 Å². The van der Waals surface area contributed by atoms with Crippen LogP contribution in [0.4, 0.5) is 17.3 Å². The Bertz CT molecular complexity index is 966. The number of aromatic nitrogens is 2. The molecule has 0 saturated carbocycles. The van der Waals surface area contributed by atoms with Gasteiger partial charge in [0.15, 0.2) is 0 Å². The fraction of sp³-hybridized carbons (Fsp3) is 0.190. The summed E-state index contributed by atoms with van der Waals surface area (Å²) >= 11 is 0. The molecular weight excluding hydrogens is 324 g/mol. The molecule has 2 aromatic carbocycles. The molecular formula is C21H22N4O. The van der Waals surface area contributed by atoms with Crippen molar-refractivity contribution >= 4 is 23.2 Å². The molecule has 1 heterocycles. The van der Waals surface area contributed by atoms with Gasteiger partial charge in [0.05, 0.1) is 0 Å². The van der Waals surface area contributed by atoms with E-state index >= 15 is 0 Å². The first-order valence-electron chi connectivity index (χ1n) is 8.50. The van der Waals surface area contributed by atoms with Crippen molar-refractivity contribution < 1.29 is 4.79 Å². The Balaban J connectivity index is 1.86. The Morgan fingerprint density at radius 1 is 0.846 bits per heavy atom. The molecule has 1 aromatic heterocycles. The van der Waals surface area contributed by atoms with Crippen LogP contribution >= 0.6 is 0 Å². The van der Waals surface area contributed by atoms with Gasteiger partial charge in [0.25, 0.3) is 5.91 Å². The molecule has 0 aliphatic carbocycles. The van der Waals surface area contributed by atoms with Crippen molar-refractivity contribution in [1.29, 1.82) is 0 Å². The first-order chi connectivity index (χ1) is 12.4. The third-order valence-electron chi connectivity index (χ3n) is 4.33. The second-order valence-corrected chi connectivity index (χ2v) is 6.36. The maximum Gasteiger partial charge on any atom is 0.274 e. The average Bonchev–Trinajstić information content (AvgIpc) is 2.60. The van der Waals surface area contributed by atoms with E-state index in [1.807, 2.05) is 70.2 Å². The predicted octanol–water partition coefficient (Wildman–Crippen LogP) is 4.71. The summed E-state index contributed by atoms with van der Waals surface area (Å²) < 4.78 is 0. The molecule has 0 saturated heterocycles. The molecule has 0 bridgehead atoms. The molecule has 132 valence electrons. The smallest absolute Gasteiger partial charge is 0.274 e. The van der Waals surface area contributed by atoms with Gasteiger partial charge in [-0.2, -0.15) is 0 Å². The number of nitrogens with one attached hydrogen (secondary N) is 2. The highest BCUT2D eigenvalue weighted by molar-refractivity contribution is 6.03. The zero-order chi connectivity index (χ0) is 18.7. The Morgan fingerprint density at radius 3 is 2.31 bits per heavy atom. The molecule has 0 radical (unpaired) electrons. The maximum atomic E-state index is 12.7. The standard InChI is InChI=1S/C21H22N4O/c1-13-9-7-11-18(16(13)4)23-20(26)19-12-15(3)22-21(25-19)24-17-10-6-5-8-14(17)2/h5-12H,1-4H3,(H,23,26)(H,22,24,25). The van der Waals surface area contributed by atoms with Crippen LogP contribution in [0.1, 0.15) is 32.9 Å². The number of rotatable bonds is 4. The van der Waals surface area contributed by atoms with Crippen molar-refractivity contribution in [3.63, 3.8) is 0 Å². The third kappa shape index (κ3) is 3.88. The minimum absolute atomic E-state index is 0.253. The van der Waals surface area contributed by atoms with Gasteiger partial charge in [-0.05, 0) is 62.6 Å². The molecule has 0 unspecified atom stereocenters. The maximum absolute atomic E-state index is 12.7. The monoisotopic (exact) mass is 346 g/mol. The molecule has 0 atom stereocenters. The van der Waals surface area contributed by atoms with Crippen molar-refractivity contribution in [3.8, 4) is 0 Å². The van der Waals surface area contributed by atoms with Crippen LogP contribution in [0.2, 0.25) is 0 Å². The summed E-state index contributed by atoms with van der Waals surface area (Å²) in [5, 5.41) is 6.13. The highest BCUT2D eigenvalue weighted by Crippen LogP contribution is 2.20. The van der Waals surface area contributed by atoms with E-state index in [1.165, 1.54) is 0 Å². The minimum atomic E-state index is -0.253. The Morgan fingerprint density at radius 2 is 1.54 bits per heavy atom. The molecule has 3 aromatic rings. The highest BCUT2D eigenvalue weighted by Gasteiger charge is 2.13.